The number of aliphatic hydroxyl groups is 1. The summed E-state index contributed by atoms with van der Waals surface area (Å²) in [7, 11) is 1.64. The summed E-state index contributed by atoms with van der Waals surface area (Å²) >= 11 is 1.67. The van der Waals surface area contributed by atoms with Gasteiger partial charge in [-0.25, -0.2) is 0 Å². The van der Waals surface area contributed by atoms with Crippen molar-refractivity contribution < 1.29 is 14.6 Å². The first kappa shape index (κ1) is 24.8. The molecule has 0 saturated heterocycles. The fourth-order valence-electron chi connectivity index (χ4n) is 3.63. The van der Waals surface area contributed by atoms with Gasteiger partial charge < -0.3 is 20.5 Å². The van der Waals surface area contributed by atoms with Crippen LogP contribution in [-0.2, 0) is 24.2 Å². The first-order valence-corrected chi connectivity index (χ1v) is 12.3. The summed E-state index contributed by atoms with van der Waals surface area (Å²) in [5.74, 6) is 0.703. The van der Waals surface area contributed by atoms with E-state index in [1.54, 1.807) is 18.9 Å². The van der Waals surface area contributed by atoms with E-state index in [9.17, 15) is 9.90 Å². The summed E-state index contributed by atoms with van der Waals surface area (Å²) in [5, 5.41) is 17.3. The molecule has 0 bridgehead atoms. The number of amides is 1. The zero-order chi connectivity index (χ0) is 23.5. The molecule has 2 atom stereocenters. The number of ether oxygens (including phenoxy) is 1. The van der Waals surface area contributed by atoms with E-state index >= 15 is 0 Å². The van der Waals surface area contributed by atoms with Gasteiger partial charge in [0.2, 0.25) is 5.91 Å². The van der Waals surface area contributed by atoms with Crippen molar-refractivity contribution in [1.29, 1.82) is 0 Å². The van der Waals surface area contributed by atoms with Crippen molar-refractivity contribution in [3.8, 4) is 5.75 Å². The Morgan fingerprint density at radius 2 is 1.70 bits per heavy atom. The van der Waals surface area contributed by atoms with Gasteiger partial charge in [-0.3, -0.25) is 4.79 Å². The molecule has 0 aromatic heterocycles. The molecule has 0 fully saturated rings. The Bertz CT molecular complexity index is 996. The van der Waals surface area contributed by atoms with Gasteiger partial charge in [0.25, 0.3) is 0 Å². The molecule has 3 aromatic carbocycles. The van der Waals surface area contributed by atoms with Crippen LogP contribution in [0.15, 0.2) is 83.8 Å². The van der Waals surface area contributed by atoms with E-state index in [1.807, 2.05) is 85.1 Å². The fourth-order valence-corrected chi connectivity index (χ4v) is 4.04. The van der Waals surface area contributed by atoms with E-state index in [2.05, 4.69) is 10.6 Å². The summed E-state index contributed by atoms with van der Waals surface area (Å²) < 4.78 is 5.27. The minimum atomic E-state index is -0.737. The van der Waals surface area contributed by atoms with Gasteiger partial charge in [0.05, 0.1) is 25.7 Å². The van der Waals surface area contributed by atoms with E-state index in [0.717, 1.165) is 22.4 Å². The SMILES string of the molecule is COc1cccc(CNC[C@H](O)[C@H](Cc2ccccc2)NC(=O)Cc2ccc(SC)cc2)c1. The molecule has 0 radical (unpaired) electrons. The Morgan fingerprint density at radius 1 is 0.970 bits per heavy atom. The van der Waals surface area contributed by atoms with Crippen LogP contribution in [0.4, 0.5) is 0 Å². The van der Waals surface area contributed by atoms with Crippen LogP contribution in [0, 0.1) is 0 Å². The van der Waals surface area contributed by atoms with Crippen LogP contribution in [-0.4, -0.2) is 43.1 Å². The smallest absolute Gasteiger partial charge is 0.224 e. The van der Waals surface area contributed by atoms with Crippen molar-refractivity contribution in [2.24, 2.45) is 0 Å². The Labute approximate surface area is 200 Å². The van der Waals surface area contributed by atoms with Gasteiger partial charge in [0, 0.05) is 18.0 Å². The normalized spacial score (nSPS) is 12.7. The molecule has 174 valence electrons. The molecule has 6 heteroatoms. The summed E-state index contributed by atoms with van der Waals surface area (Å²) in [5.41, 5.74) is 3.09. The van der Waals surface area contributed by atoms with Gasteiger partial charge in [-0.1, -0.05) is 54.6 Å². The molecule has 0 aliphatic carbocycles. The van der Waals surface area contributed by atoms with Gasteiger partial charge in [0.1, 0.15) is 5.75 Å². The maximum Gasteiger partial charge on any atom is 0.224 e. The Balaban J connectivity index is 1.60. The van der Waals surface area contributed by atoms with E-state index in [0.29, 0.717) is 19.5 Å². The first-order valence-electron chi connectivity index (χ1n) is 11.1. The van der Waals surface area contributed by atoms with Gasteiger partial charge in [-0.05, 0) is 53.6 Å². The van der Waals surface area contributed by atoms with Gasteiger partial charge in [-0.15, -0.1) is 11.8 Å². The molecule has 0 unspecified atom stereocenters. The highest BCUT2D eigenvalue weighted by Crippen LogP contribution is 2.16. The maximum atomic E-state index is 12.8. The number of hydrogen-bond acceptors (Lipinski definition) is 5. The van der Waals surface area contributed by atoms with Crippen molar-refractivity contribution in [1.82, 2.24) is 10.6 Å². The van der Waals surface area contributed by atoms with Crippen LogP contribution < -0.4 is 15.4 Å². The van der Waals surface area contributed by atoms with Gasteiger partial charge in [-0.2, -0.15) is 0 Å². The minimum absolute atomic E-state index is 0.0975. The van der Waals surface area contributed by atoms with Crippen LogP contribution in [0.2, 0.25) is 0 Å². The molecule has 0 aliphatic heterocycles. The van der Waals surface area contributed by atoms with Gasteiger partial charge in [0.15, 0.2) is 0 Å². The highest BCUT2D eigenvalue weighted by molar-refractivity contribution is 7.98. The van der Waals surface area contributed by atoms with Crippen LogP contribution in [0.3, 0.4) is 0 Å². The number of rotatable bonds is 12. The third-order valence-corrected chi connectivity index (χ3v) is 6.19. The predicted octanol–water partition coefficient (Wildman–Crippen LogP) is 3.84. The maximum absolute atomic E-state index is 12.8. The minimum Gasteiger partial charge on any atom is -0.497 e. The average molecular weight is 465 g/mol. The van der Waals surface area contributed by atoms with E-state index < -0.39 is 12.1 Å². The molecule has 33 heavy (non-hydrogen) atoms. The standard InChI is InChI=1S/C27H32N2O3S/c1-32-23-10-6-9-22(15-23)18-28-19-26(30)25(16-20-7-4-3-5-8-20)29-27(31)17-21-11-13-24(33-2)14-12-21/h3-15,25-26,28,30H,16-19H2,1-2H3,(H,29,31)/t25-,26-/m0/s1. The summed E-state index contributed by atoms with van der Waals surface area (Å²) in [6.07, 6.45) is 2.13. The van der Waals surface area contributed by atoms with E-state index in [4.69, 9.17) is 4.74 Å². The second-order valence-electron chi connectivity index (χ2n) is 7.94. The zero-order valence-electron chi connectivity index (χ0n) is 19.2. The van der Waals surface area contributed by atoms with Crippen LogP contribution in [0.25, 0.3) is 0 Å². The quantitative estimate of drug-likeness (QED) is 0.355. The zero-order valence-corrected chi connectivity index (χ0v) is 20.0. The van der Waals surface area contributed by atoms with Crippen LogP contribution in [0.1, 0.15) is 16.7 Å². The average Bonchev–Trinajstić information content (AvgIpc) is 2.85. The Kier molecular flexibility index (Phi) is 9.81. The number of carbonyl (C=O) groups is 1. The summed E-state index contributed by atoms with van der Waals surface area (Å²) in [6.45, 7) is 0.958. The molecular formula is C27H32N2O3S. The highest BCUT2D eigenvalue weighted by atomic mass is 32.2. The molecule has 3 N–H and O–H groups in total. The number of hydrogen-bond donors (Lipinski definition) is 3. The molecule has 5 nitrogen and oxygen atoms in total. The van der Waals surface area contributed by atoms with Crippen molar-refractivity contribution in [3.05, 3.63) is 95.6 Å². The van der Waals surface area contributed by atoms with E-state index in [1.165, 1.54) is 4.90 Å². The number of nitrogens with one attached hydrogen (secondary N) is 2. The largest absolute Gasteiger partial charge is 0.497 e. The second-order valence-corrected chi connectivity index (χ2v) is 8.82. The lowest BCUT2D eigenvalue weighted by Crippen LogP contribution is -2.49. The number of thioether (sulfide) groups is 1. The number of methoxy groups -OCH3 is 1. The Hall–Kier alpha value is -2.80. The number of aliphatic hydroxyl groups excluding tert-OH is 1. The molecule has 0 spiro atoms. The van der Waals surface area contributed by atoms with Crippen molar-refractivity contribution in [2.45, 2.75) is 36.4 Å². The Morgan fingerprint density at radius 3 is 2.39 bits per heavy atom. The molecule has 0 aliphatic rings. The van der Waals surface area contributed by atoms with Crippen LogP contribution >= 0.6 is 11.8 Å². The molecule has 3 rings (SSSR count). The van der Waals surface area contributed by atoms with Crippen molar-refractivity contribution in [3.63, 3.8) is 0 Å². The molecule has 1 amide bonds. The third-order valence-electron chi connectivity index (χ3n) is 5.45. The second kappa shape index (κ2) is 13.0. The molecule has 0 saturated carbocycles. The lowest BCUT2D eigenvalue weighted by Gasteiger charge is -2.25. The predicted molar refractivity (Wildman–Crippen MR) is 135 cm³/mol. The van der Waals surface area contributed by atoms with E-state index in [-0.39, 0.29) is 12.3 Å². The van der Waals surface area contributed by atoms with Gasteiger partial charge >= 0.3 is 0 Å². The summed E-state index contributed by atoms with van der Waals surface area (Å²) in [4.78, 5) is 13.9. The molecule has 3 aromatic rings. The van der Waals surface area contributed by atoms with Crippen molar-refractivity contribution in [2.75, 3.05) is 19.9 Å². The topological polar surface area (TPSA) is 70.6 Å². The lowest BCUT2D eigenvalue weighted by molar-refractivity contribution is -0.122. The lowest BCUT2D eigenvalue weighted by atomic mass is 10.0. The van der Waals surface area contributed by atoms with Crippen molar-refractivity contribution >= 4 is 17.7 Å². The molecular weight excluding hydrogens is 432 g/mol. The van der Waals surface area contributed by atoms with Crippen LogP contribution in [0.5, 0.6) is 5.75 Å². The fraction of sp³-hybridized carbons (Fsp3) is 0.296. The number of carbonyl (C=O) groups excluding carboxylic acids is 1. The highest BCUT2D eigenvalue weighted by Gasteiger charge is 2.22. The summed E-state index contributed by atoms with van der Waals surface area (Å²) in [6, 6.07) is 25.3. The third kappa shape index (κ3) is 8.24. The monoisotopic (exact) mass is 464 g/mol. The molecule has 0 heterocycles. The first-order chi connectivity index (χ1) is 16.1. The number of benzene rings is 3.